The zero-order valence-corrected chi connectivity index (χ0v) is 5.05. The molecule has 0 bridgehead atoms. The third-order valence-electron chi connectivity index (χ3n) is 0.899. The second-order valence-corrected chi connectivity index (χ2v) is 2.51. The first-order chi connectivity index (χ1) is 3.50. The van der Waals surface area contributed by atoms with Gasteiger partial charge in [0.25, 0.3) is 0 Å². The summed E-state index contributed by atoms with van der Waals surface area (Å²) in [6.07, 6.45) is 1.29. The number of rotatable bonds is 0. The third kappa shape index (κ3) is 2.16. The van der Waals surface area contributed by atoms with Crippen molar-refractivity contribution in [2.75, 3.05) is 19.0 Å². The molecule has 1 heterocycles. The van der Waals surface area contributed by atoms with Gasteiger partial charge in [-0.3, -0.25) is 4.72 Å². The fourth-order valence-corrected chi connectivity index (χ4v) is 1.17. The molecule has 7 heavy (non-hydrogen) atoms. The monoisotopic (exact) mass is 118 g/mol. The van der Waals surface area contributed by atoms with Crippen LogP contribution in [0, 0.1) is 0 Å². The molecule has 0 saturated carbocycles. The van der Waals surface area contributed by atoms with Gasteiger partial charge in [-0.15, -0.1) is 0 Å². The van der Waals surface area contributed by atoms with E-state index in [2.05, 4.69) is 10.0 Å². The van der Waals surface area contributed by atoms with Crippen molar-refractivity contribution in [3.8, 4) is 0 Å². The van der Waals surface area contributed by atoms with Crippen LogP contribution in [0.5, 0.6) is 0 Å². The summed E-state index contributed by atoms with van der Waals surface area (Å²) in [5, 5.41) is 3.22. The number of nitrogens with one attached hydrogen (secondary N) is 2. The van der Waals surface area contributed by atoms with Crippen LogP contribution < -0.4 is 10.0 Å². The zero-order chi connectivity index (χ0) is 4.95. The van der Waals surface area contributed by atoms with Gasteiger partial charge >= 0.3 is 0 Å². The predicted molar refractivity (Wildman–Crippen MR) is 33.1 cm³/mol. The molecule has 2 N–H and O–H groups in total. The molecule has 1 rings (SSSR count). The molecule has 0 aliphatic carbocycles. The number of hydrogen-bond donors (Lipinski definition) is 2. The van der Waals surface area contributed by atoms with Crippen LogP contribution in [0.1, 0.15) is 6.42 Å². The minimum Gasteiger partial charge on any atom is -0.304 e. The van der Waals surface area contributed by atoms with E-state index in [1.807, 2.05) is 0 Å². The molecule has 1 aliphatic heterocycles. The van der Waals surface area contributed by atoms with Crippen LogP contribution in [0.4, 0.5) is 0 Å². The minimum atomic E-state index is 0.963. The van der Waals surface area contributed by atoms with E-state index in [4.69, 9.17) is 0 Å². The molecular weight excluding hydrogens is 108 g/mol. The molecule has 0 aromatic heterocycles. The van der Waals surface area contributed by atoms with E-state index >= 15 is 0 Å². The van der Waals surface area contributed by atoms with Gasteiger partial charge in [0.05, 0.1) is 6.67 Å². The van der Waals surface area contributed by atoms with Gasteiger partial charge in [-0.25, -0.2) is 0 Å². The van der Waals surface area contributed by atoms with E-state index < -0.39 is 0 Å². The van der Waals surface area contributed by atoms with Crippen molar-refractivity contribution in [1.82, 2.24) is 10.0 Å². The Morgan fingerprint density at radius 1 is 1.43 bits per heavy atom. The highest BCUT2D eigenvalue weighted by Crippen LogP contribution is 1.96. The normalized spacial score (nSPS) is 24.0. The van der Waals surface area contributed by atoms with Crippen LogP contribution in [0.25, 0.3) is 0 Å². The maximum atomic E-state index is 3.22. The average Bonchev–Trinajstić information content (AvgIpc) is 1.90. The summed E-state index contributed by atoms with van der Waals surface area (Å²) in [5.74, 6) is 1.24. The van der Waals surface area contributed by atoms with Crippen LogP contribution in [-0.4, -0.2) is 19.0 Å². The zero-order valence-electron chi connectivity index (χ0n) is 4.24. The summed E-state index contributed by atoms with van der Waals surface area (Å²) < 4.78 is 3.15. The maximum Gasteiger partial charge on any atom is 0.0552 e. The Balaban J connectivity index is 2.04. The lowest BCUT2D eigenvalue weighted by molar-refractivity contribution is 0.688. The fourth-order valence-electron chi connectivity index (χ4n) is 0.532. The molecule has 0 radical (unpaired) electrons. The molecule has 0 unspecified atom stereocenters. The molecule has 42 valence electrons. The number of hydrogen-bond acceptors (Lipinski definition) is 3. The van der Waals surface area contributed by atoms with Crippen molar-refractivity contribution in [3.05, 3.63) is 0 Å². The van der Waals surface area contributed by atoms with E-state index in [-0.39, 0.29) is 0 Å². The highest BCUT2D eigenvalue weighted by Gasteiger charge is 1.92. The highest BCUT2D eigenvalue weighted by molar-refractivity contribution is 7.97. The first kappa shape index (κ1) is 5.41. The molecule has 0 amide bonds. The molecule has 0 aromatic carbocycles. The van der Waals surface area contributed by atoms with Crippen LogP contribution in [0.15, 0.2) is 0 Å². The molecule has 2 nitrogen and oxygen atoms in total. The fraction of sp³-hybridized carbons (Fsp3) is 1.00. The first-order valence-corrected chi connectivity index (χ1v) is 3.54. The quantitative estimate of drug-likeness (QED) is 0.443. The van der Waals surface area contributed by atoms with Crippen LogP contribution in [-0.2, 0) is 0 Å². The Kier molecular flexibility index (Phi) is 2.55. The minimum absolute atomic E-state index is 0.963. The van der Waals surface area contributed by atoms with Crippen LogP contribution in [0.2, 0.25) is 0 Å². The Bertz CT molecular complexity index is 29.3. The van der Waals surface area contributed by atoms with Gasteiger partial charge in [0.15, 0.2) is 0 Å². The molecule has 1 aliphatic rings. The first-order valence-electron chi connectivity index (χ1n) is 2.55. The predicted octanol–water partition coefficient (Wildman–Crippen LogP) is 0.175. The lowest BCUT2D eigenvalue weighted by atomic mass is 10.5. The van der Waals surface area contributed by atoms with E-state index in [1.165, 1.54) is 18.7 Å². The van der Waals surface area contributed by atoms with Crippen molar-refractivity contribution >= 4 is 11.9 Å². The van der Waals surface area contributed by atoms with Gasteiger partial charge in [-0.1, -0.05) is 11.9 Å². The smallest absolute Gasteiger partial charge is 0.0552 e. The van der Waals surface area contributed by atoms with E-state index in [0.29, 0.717) is 0 Å². The molecular formula is C4H10N2S. The lowest BCUT2D eigenvalue weighted by Crippen LogP contribution is -2.21. The Morgan fingerprint density at radius 2 is 2.43 bits per heavy atom. The summed E-state index contributed by atoms with van der Waals surface area (Å²) in [6.45, 7) is 2.13. The van der Waals surface area contributed by atoms with Gasteiger partial charge in [-0.05, 0) is 13.0 Å². The van der Waals surface area contributed by atoms with Crippen molar-refractivity contribution in [3.63, 3.8) is 0 Å². The summed E-state index contributed by atoms with van der Waals surface area (Å²) in [4.78, 5) is 0. The molecule has 0 atom stereocenters. The van der Waals surface area contributed by atoms with Crippen molar-refractivity contribution in [2.24, 2.45) is 0 Å². The second-order valence-electron chi connectivity index (χ2n) is 1.52. The van der Waals surface area contributed by atoms with Gasteiger partial charge in [0.2, 0.25) is 0 Å². The lowest BCUT2D eigenvalue weighted by Gasteiger charge is -1.93. The van der Waals surface area contributed by atoms with Gasteiger partial charge in [-0.2, -0.15) is 0 Å². The summed E-state index contributed by atoms with van der Waals surface area (Å²) in [7, 11) is 0. The molecule has 3 heteroatoms. The van der Waals surface area contributed by atoms with Crippen molar-refractivity contribution in [1.29, 1.82) is 0 Å². The Labute approximate surface area is 48.2 Å². The Hall–Kier alpha value is 0.270. The molecule has 1 saturated heterocycles. The summed E-state index contributed by atoms with van der Waals surface area (Å²) >= 11 is 1.80. The van der Waals surface area contributed by atoms with E-state index in [0.717, 1.165) is 6.67 Å². The third-order valence-corrected chi connectivity index (χ3v) is 1.74. The second kappa shape index (κ2) is 3.29. The highest BCUT2D eigenvalue weighted by atomic mass is 32.2. The van der Waals surface area contributed by atoms with E-state index in [9.17, 15) is 0 Å². The largest absolute Gasteiger partial charge is 0.304 e. The topological polar surface area (TPSA) is 24.1 Å². The van der Waals surface area contributed by atoms with Gasteiger partial charge in [0, 0.05) is 5.75 Å². The van der Waals surface area contributed by atoms with Gasteiger partial charge in [0.1, 0.15) is 0 Å². The summed E-state index contributed by atoms with van der Waals surface area (Å²) in [5.41, 5.74) is 0. The molecule has 0 aromatic rings. The standard InChI is InChI=1S/C4H10N2S/c1-2-5-4-6-7-3-1/h5-6H,1-4H2. The van der Waals surface area contributed by atoms with Crippen molar-refractivity contribution < 1.29 is 0 Å². The van der Waals surface area contributed by atoms with Crippen LogP contribution in [0.3, 0.4) is 0 Å². The maximum absolute atomic E-state index is 3.22. The molecule has 1 fully saturated rings. The van der Waals surface area contributed by atoms with Crippen LogP contribution >= 0.6 is 11.9 Å². The summed E-state index contributed by atoms with van der Waals surface area (Å²) in [6, 6.07) is 0. The SMILES string of the molecule is C1CNCNSC1. The Morgan fingerprint density at radius 3 is 3.43 bits per heavy atom. The van der Waals surface area contributed by atoms with Gasteiger partial charge < -0.3 is 5.32 Å². The van der Waals surface area contributed by atoms with Crippen molar-refractivity contribution in [2.45, 2.75) is 6.42 Å². The van der Waals surface area contributed by atoms with E-state index in [1.54, 1.807) is 11.9 Å². The average molecular weight is 118 g/mol. The molecule has 0 spiro atoms.